The van der Waals surface area contributed by atoms with E-state index in [-0.39, 0.29) is 0 Å². The first-order valence-electron chi connectivity index (χ1n) is 32.2. The zero-order chi connectivity index (χ0) is 63.0. The van der Waals surface area contributed by atoms with E-state index in [0.29, 0.717) is 23.1 Å². The highest BCUT2D eigenvalue weighted by Gasteiger charge is 2.23. The van der Waals surface area contributed by atoms with Crippen LogP contribution in [0.15, 0.2) is 318 Å². The smallest absolute Gasteiger partial charge is 0.231 e. The van der Waals surface area contributed by atoms with Crippen molar-refractivity contribution in [3.05, 3.63) is 309 Å². The SMILES string of the molecule is c1ccc(-c2nc(-c3ccc(-n4c5ccccc5c5cc6c(cc54)c4ccccc4n6-c4ccccc4)cc3)nc3oc4ccccc4c23)cc1.c1ccc(-c2nc(-c3ccc(-n4c5ccccc5c5cc6sc7ccccc7c6cc54)cc3)nc3oc4ccccc4c23)cc1. The van der Waals surface area contributed by atoms with E-state index in [1.54, 1.807) is 0 Å². The lowest BCUT2D eigenvalue weighted by Gasteiger charge is -2.10. The normalized spacial score (nSPS) is 12.0. The van der Waals surface area contributed by atoms with Crippen LogP contribution < -0.4 is 0 Å². The Bertz CT molecular complexity index is 6680. The van der Waals surface area contributed by atoms with Crippen molar-refractivity contribution in [2.24, 2.45) is 0 Å². The Morgan fingerprint density at radius 3 is 1.05 bits per heavy atom. The van der Waals surface area contributed by atoms with Gasteiger partial charge in [0.2, 0.25) is 11.4 Å². The lowest BCUT2D eigenvalue weighted by molar-refractivity contribution is 0.653. The molecule has 0 saturated carbocycles. The molecule has 0 bridgehead atoms. The van der Waals surface area contributed by atoms with Gasteiger partial charge in [-0.3, -0.25) is 0 Å². The highest BCUT2D eigenvalue weighted by Crippen LogP contribution is 2.44. The van der Waals surface area contributed by atoms with Crippen molar-refractivity contribution in [3.8, 4) is 62.4 Å². The molecule has 0 aliphatic heterocycles. The number of aromatic nitrogens is 7. The molecule has 8 heterocycles. The van der Waals surface area contributed by atoms with Gasteiger partial charge in [0, 0.05) is 103 Å². The first-order valence-corrected chi connectivity index (χ1v) is 33.0. The van der Waals surface area contributed by atoms with Crippen LogP contribution in [0.2, 0.25) is 0 Å². The number of furan rings is 2. The largest absolute Gasteiger partial charge is 0.438 e. The molecule has 0 spiro atoms. The van der Waals surface area contributed by atoms with Crippen LogP contribution in [0, 0.1) is 0 Å². The van der Waals surface area contributed by atoms with Crippen LogP contribution in [0.25, 0.3) is 192 Å². The maximum absolute atomic E-state index is 6.29. The van der Waals surface area contributed by atoms with Gasteiger partial charge in [-0.1, -0.05) is 188 Å². The Labute approximate surface area is 551 Å². The average molecular weight is 1250 g/mol. The van der Waals surface area contributed by atoms with Crippen LogP contribution in [0.4, 0.5) is 0 Å². The van der Waals surface area contributed by atoms with Crippen molar-refractivity contribution < 1.29 is 8.83 Å². The molecule has 96 heavy (non-hydrogen) atoms. The summed E-state index contributed by atoms with van der Waals surface area (Å²) in [6, 6.07) is 109. The van der Waals surface area contributed by atoms with E-state index in [4.69, 9.17) is 28.8 Å². The number of rotatable bonds is 7. The van der Waals surface area contributed by atoms with E-state index in [1.165, 1.54) is 80.1 Å². The Morgan fingerprint density at radius 2 is 0.594 bits per heavy atom. The fourth-order valence-corrected chi connectivity index (χ4v) is 15.8. The van der Waals surface area contributed by atoms with Gasteiger partial charge in [-0.05, 0) is 121 Å². The molecule has 0 amide bonds. The Morgan fingerprint density at radius 1 is 0.240 bits per heavy atom. The number of hydrogen-bond donors (Lipinski definition) is 0. The van der Waals surface area contributed by atoms with Crippen molar-refractivity contribution in [2.45, 2.75) is 0 Å². The lowest BCUT2D eigenvalue weighted by Crippen LogP contribution is -1.96. The zero-order valence-corrected chi connectivity index (χ0v) is 52.1. The van der Waals surface area contributed by atoms with Gasteiger partial charge in [0.05, 0.1) is 55.3 Å². The summed E-state index contributed by atoms with van der Waals surface area (Å²) in [6.45, 7) is 0. The van der Waals surface area contributed by atoms with Gasteiger partial charge in [0.15, 0.2) is 11.6 Å². The summed E-state index contributed by atoms with van der Waals surface area (Å²) >= 11 is 1.86. The van der Waals surface area contributed by atoms with Gasteiger partial charge in [-0.2, -0.15) is 9.97 Å². The maximum Gasteiger partial charge on any atom is 0.231 e. The second-order valence-corrected chi connectivity index (χ2v) is 25.5. The van der Waals surface area contributed by atoms with Crippen LogP contribution in [0.5, 0.6) is 0 Å². The summed E-state index contributed by atoms with van der Waals surface area (Å²) < 4.78 is 22.3. The van der Waals surface area contributed by atoms with Crippen LogP contribution in [-0.4, -0.2) is 33.6 Å². The molecule has 0 aliphatic rings. The third-order valence-corrected chi connectivity index (χ3v) is 20.1. The molecular formula is C86H51N7O2S. The molecular weight excluding hydrogens is 1200 g/mol. The number of fused-ring (bicyclic) bond motifs is 18. The topological polar surface area (TPSA) is 92.6 Å². The minimum absolute atomic E-state index is 0.588. The summed E-state index contributed by atoms with van der Waals surface area (Å²) in [5.41, 5.74) is 18.9. The molecule has 0 aliphatic carbocycles. The van der Waals surface area contributed by atoms with Crippen LogP contribution >= 0.6 is 11.3 Å². The highest BCUT2D eigenvalue weighted by atomic mass is 32.1. The van der Waals surface area contributed by atoms with E-state index in [9.17, 15) is 0 Å². The number of hydrogen-bond acceptors (Lipinski definition) is 7. The second kappa shape index (κ2) is 21.4. The number of thiophene rings is 1. The van der Waals surface area contributed by atoms with Gasteiger partial charge in [0.25, 0.3) is 0 Å². The summed E-state index contributed by atoms with van der Waals surface area (Å²) in [7, 11) is 0. The van der Waals surface area contributed by atoms with E-state index in [2.05, 4.69) is 250 Å². The van der Waals surface area contributed by atoms with Crippen LogP contribution in [0.3, 0.4) is 0 Å². The molecule has 0 fully saturated rings. The van der Waals surface area contributed by atoms with Gasteiger partial charge in [0.1, 0.15) is 11.2 Å². The van der Waals surface area contributed by atoms with Crippen molar-refractivity contribution in [1.29, 1.82) is 0 Å². The maximum atomic E-state index is 6.29. The quantitative estimate of drug-likeness (QED) is 0.158. The van der Waals surface area contributed by atoms with Gasteiger partial charge in [-0.15, -0.1) is 11.3 Å². The van der Waals surface area contributed by atoms with Gasteiger partial charge in [-0.25, -0.2) is 9.97 Å². The molecule has 448 valence electrons. The Kier molecular flexibility index (Phi) is 12.0. The third-order valence-electron chi connectivity index (χ3n) is 19.0. The number of nitrogens with zero attached hydrogens (tertiary/aromatic N) is 7. The molecule has 10 heteroatoms. The fraction of sp³-hybridized carbons (Fsp3) is 0. The average Bonchev–Trinajstić information content (AvgIpc) is 1.56. The fourth-order valence-electron chi connectivity index (χ4n) is 14.7. The molecule has 8 aromatic heterocycles. The predicted octanol–water partition coefficient (Wildman–Crippen LogP) is 23.1. The molecule has 0 atom stereocenters. The van der Waals surface area contributed by atoms with Gasteiger partial charge >= 0.3 is 0 Å². The van der Waals surface area contributed by atoms with E-state index >= 15 is 0 Å². The van der Waals surface area contributed by atoms with Crippen LogP contribution in [0.1, 0.15) is 0 Å². The standard InChI is InChI=1S/C46H28N4O.C40H23N3OS/c1-3-13-29(14-4-1)44-43-35-19-9-12-22-42(35)51-46(43)48-45(47-44)30-23-25-32(26-24-30)50-39-21-11-8-18-34(39)37-27-40-36(28-41(37)50)33-17-7-10-20-38(33)49(40)31-15-5-2-6-16-31;1-2-10-24(11-3-1)38-37-29-14-5-8-16-34(29)44-40(37)42-39(41-38)25-18-20-26(21-19-25)43-32-15-7-4-12-27(32)30-23-36-31(22-33(30)43)28-13-6-9-17-35(28)45-36/h1-28H;1-23H. The summed E-state index contributed by atoms with van der Waals surface area (Å²) in [5, 5.41) is 13.9. The van der Waals surface area contributed by atoms with E-state index < -0.39 is 0 Å². The van der Waals surface area contributed by atoms with Crippen molar-refractivity contribution in [2.75, 3.05) is 0 Å². The Hall–Kier alpha value is -12.8. The first kappa shape index (κ1) is 53.9. The van der Waals surface area contributed by atoms with Crippen molar-refractivity contribution >= 4 is 141 Å². The minimum Gasteiger partial charge on any atom is -0.438 e. The molecule has 21 aromatic rings. The third kappa shape index (κ3) is 8.42. The minimum atomic E-state index is 0.588. The molecule has 9 nitrogen and oxygen atoms in total. The molecule has 13 aromatic carbocycles. The van der Waals surface area contributed by atoms with Gasteiger partial charge < -0.3 is 22.5 Å². The van der Waals surface area contributed by atoms with Crippen molar-refractivity contribution in [1.82, 2.24) is 33.6 Å². The number of para-hydroxylation sites is 6. The lowest BCUT2D eigenvalue weighted by atomic mass is 10.1. The number of benzene rings is 13. The van der Waals surface area contributed by atoms with E-state index in [1.807, 2.05) is 84.1 Å². The molecule has 21 rings (SSSR count). The summed E-state index contributed by atoms with van der Waals surface area (Å²) in [6.07, 6.45) is 0. The monoisotopic (exact) mass is 1250 g/mol. The highest BCUT2D eigenvalue weighted by molar-refractivity contribution is 7.25. The molecule has 0 N–H and O–H groups in total. The first-order chi connectivity index (χ1) is 47.6. The van der Waals surface area contributed by atoms with Crippen LogP contribution in [-0.2, 0) is 0 Å². The van der Waals surface area contributed by atoms with Crippen molar-refractivity contribution in [3.63, 3.8) is 0 Å². The predicted molar refractivity (Wildman–Crippen MR) is 396 cm³/mol. The molecule has 0 unspecified atom stereocenters. The zero-order valence-electron chi connectivity index (χ0n) is 51.3. The Balaban J connectivity index is 0.000000132. The van der Waals surface area contributed by atoms with E-state index in [0.717, 1.165) is 88.9 Å². The summed E-state index contributed by atoms with van der Waals surface area (Å²) in [5.74, 6) is 1.27. The molecule has 0 saturated heterocycles. The summed E-state index contributed by atoms with van der Waals surface area (Å²) in [4.78, 5) is 20.2. The molecule has 0 radical (unpaired) electrons. The second-order valence-electron chi connectivity index (χ2n) is 24.4.